The van der Waals surface area contributed by atoms with E-state index in [4.69, 9.17) is 27.9 Å². The first kappa shape index (κ1) is 24.1. The van der Waals surface area contributed by atoms with Crippen LogP contribution in [0.2, 0.25) is 10.0 Å². The van der Waals surface area contributed by atoms with E-state index < -0.39 is 22.8 Å². The number of rotatable bonds is 8. The van der Waals surface area contributed by atoms with E-state index in [2.05, 4.69) is 15.8 Å². The lowest BCUT2D eigenvalue weighted by Gasteiger charge is -2.20. The minimum Gasteiger partial charge on any atom is -0.490 e. The molecule has 0 aliphatic heterocycles. The van der Waals surface area contributed by atoms with Gasteiger partial charge in [0.15, 0.2) is 5.75 Å². The molecule has 164 valence electrons. The average molecular weight is 467 g/mol. The fourth-order valence-electron chi connectivity index (χ4n) is 2.60. The molecule has 0 saturated heterocycles. The summed E-state index contributed by atoms with van der Waals surface area (Å²) in [5.41, 5.74) is 2.66. The normalized spacial score (nSPS) is 11.9. The second kappa shape index (κ2) is 10.7. The monoisotopic (exact) mass is 466 g/mol. The van der Waals surface area contributed by atoms with Crippen LogP contribution in [0.3, 0.4) is 0 Å². The Morgan fingerprint density at radius 3 is 2.48 bits per heavy atom. The second-order valence-electron chi connectivity index (χ2n) is 6.74. The Hall–Kier alpha value is -3.17. The average Bonchev–Trinajstić information content (AvgIpc) is 2.71. The smallest absolute Gasteiger partial charge is 0.311 e. The van der Waals surface area contributed by atoms with Gasteiger partial charge in [0.05, 0.1) is 28.8 Å². The third kappa shape index (κ3) is 6.40. The predicted octanol–water partition coefficient (Wildman–Crippen LogP) is 3.81. The number of halogens is 2. The van der Waals surface area contributed by atoms with Crippen LogP contribution in [0.1, 0.15) is 29.8 Å². The first-order chi connectivity index (χ1) is 14.6. The van der Waals surface area contributed by atoms with Crippen molar-refractivity contribution < 1.29 is 19.2 Å². The summed E-state index contributed by atoms with van der Waals surface area (Å²) in [6.07, 6.45) is 1.25. The van der Waals surface area contributed by atoms with E-state index in [9.17, 15) is 19.7 Å². The van der Waals surface area contributed by atoms with Crippen LogP contribution in [-0.4, -0.2) is 36.1 Å². The number of carbonyl (C=O) groups is 2. The van der Waals surface area contributed by atoms with Gasteiger partial charge in [-0.3, -0.25) is 19.7 Å². The van der Waals surface area contributed by atoms with Gasteiger partial charge in [-0.25, -0.2) is 5.43 Å². The lowest BCUT2D eigenvalue weighted by molar-refractivity contribution is -0.385. The summed E-state index contributed by atoms with van der Waals surface area (Å²) < 4.78 is 4.94. The number of benzene rings is 2. The van der Waals surface area contributed by atoms with Crippen molar-refractivity contribution in [1.29, 1.82) is 0 Å². The molecule has 2 aromatic carbocycles. The van der Waals surface area contributed by atoms with E-state index in [0.717, 1.165) is 0 Å². The van der Waals surface area contributed by atoms with Gasteiger partial charge in [-0.15, -0.1) is 0 Å². The van der Waals surface area contributed by atoms with Gasteiger partial charge in [0, 0.05) is 16.7 Å². The first-order valence-corrected chi connectivity index (χ1v) is 9.81. The molecule has 0 bridgehead atoms. The van der Waals surface area contributed by atoms with E-state index >= 15 is 0 Å². The predicted molar refractivity (Wildman–Crippen MR) is 118 cm³/mol. The van der Waals surface area contributed by atoms with Crippen molar-refractivity contribution in [2.45, 2.75) is 19.9 Å². The molecule has 2 N–H and O–H groups in total. The number of nitrogens with one attached hydrogen (secondary N) is 2. The standard InChI is InChI=1S/C20H20Cl2N4O5/c1-11(2)18(24-19(27)14-6-5-13(21)9-15(14)22)20(28)25-23-10-12-4-7-17(31-3)16(8-12)26(29)30/h4-11,18H,1-3H3,(H,24,27)(H,25,28)/b23-10-. The van der Waals surface area contributed by atoms with Crippen LogP contribution in [0, 0.1) is 16.0 Å². The molecule has 2 aromatic rings. The van der Waals surface area contributed by atoms with Gasteiger partial charge >= 0.3 is 5.69 Å². The molecule has 0 aliphatic carbocycles. The second-order valence-corrected chi connectivity index (χ2v) is 7.59. The summed E-state index contributed by atoms with van der Waals surface area (Å²) in [7, 11) is 1.33. The third-order valence-electron chi connectivity index (χ3n) is 4.20. The molecule has 0 aliphatic rings. The van der Waals surface area contributed by atoms with Crippen molar-refractivity contribution in [3.05, 3.63) is 67.7 Å². The van der Waals surface area contributed by atoms with Gasteiger partial charge in [-0.1, -0.05) is 37.0 Å². The molecule has 0 radical (unpaired) electrons. The molecule has 9 nitrogen and oxygen atoms in total. The van der Waals surface area contributed by atoms with Crippen molar-refractivity contribution in [3.63, 3.8) is 0 Å². The van der Waals surface area contributed by atoms with Crippen LogP contribution >= 0.6 is 23.2 Å². The number of methoxy groups -OCH3 is 1. The summed E-state index contributed by atoms with van der Waals surface area (Å²) in [5, 5.41) is 18.1. The van der Waals surface area contributed by atoms with Gasteiger partial charge in [0.2, 0.25) is 0 Å². The van der Waals surface area contributed by atoms with E-state index in [-0.39, 0.29) is 27.9 Å². The number of amides is 2. The van der Waals surface area contributed by atoms with Crippen LogP contribution in [0.25, 0.3) is 0 Å². The Kier molecular flexibility index (Phi) is 8.35. The minimum absolute atomic E-state index is 0.106. The summed E-state index contributed by atoms with van der Waals surface area (Å²) in [6.45, 7) is 3.51. The summed E-state index contributed by atoms with van der Waals surface area (Å²) in [5.74, 6) is -1.25. The number of nitro groups is 1. The molecular weight excluding hydrogens is 447 g/mol. The van der Waals surface area contributed by atoms with Crippen molar-refractivity contribution in [3.8, 4) is 5.75 Å². The highest BCUT2D eigenvalue weighted by molar-refractivity contribution is 6.36. The Bertz CT molecular complexity index is 1030. The zero-order valence-electron chi connectivity index (χ0n) is 16.9. The molecule has 0 fully saturated rings. The summed E-state index contributed by atoms with van der Waals surface area (Å²) >= 11 is 11.9. The molecule has 0 aromatic heterocycles. The van der Waals surface area contributed by atoms with E-state index in [1.165, 1.54) is 43.7 Å². The van der Waals surface area contributed by atoms with Crippen LogP contribution in [-0.2, 0) is 4.79 Å². The Balaban J connectivity index is 2.10. The highest BCUT2D eigenvalue weighted by atomic mass is 35.5. The maximum absolute atomic E-state index is 12.5. The highest BCUT2D eigenvalue weighted by Crippen LogP contribution is 2.26. The fourth-order valence-corrected chi connectivity index (χ4v) is 3.09. The van der Waals surface area contributed by atoms with Crippen LogP contribution in [0.15, 0.2) is 41.5 Å². The van der Waals surface area contributed by atoms with Crippen LogP contribution < -0.4 is 15.5 Å². The first-order valence-electron chi connectivity index (χ1n) is 9.05. The van der Waals surface area contributed by atoms with Gasteiger partial charge in [0.25, 0.3) is 11.8 Å². The maximum Gasteiger partial charge on any atom is 0.311 e. The van der Waals surface area contributed by atoms with Crippen molar-refractivity contribution >= 4 is 46.9 Å². The maximum atomic E-state index is 12.5. The molecular formula is C20H20Cl2N4O5. The quantitative estimate of drug-likeness (QED) is 0.347. The summed E-state index contributed by atoms with van der Waals surface area (Å²) in [6, 6.07) is 7.75. The zero-order chi connectivity index (χ0) is 23.1. The minimum atomic E-state index is -0.901. The fraction of sp³-hybridized carbons (Fsp3) is 0.250. The van der Waals surface area contributed by atoms with E-state index in [1.54, 1.807) is 19.9 Å². The molecule has 0 spiro atoms. The lowest BCUT2D eigenvalue weighted by Crippen LogP contribution is -2.48. The van der Waals surface area contributed by atoms with Gasteiger partial charge in [0.1, 0.15) is 6.04 Å². The number of carbonyl (C=O) groups excluding carboxylic acids is 2. The van der Waals surface area contributed by atoms with E-state index in [1.807, 2.05) is 0 Å². The third-order valence-corrected chi connectivity index (χ3v) is 4.75. The number of nitro benzene ring substituents is 1. The molecule has 0 heterocycles. The SMILES string of the molecule is COc1ccc(/C=N\NC(=O)C(NC(=O)c2ccc(Cl)cc2Cl)C(C)C)cc1[N+](=O)[O-]. The van der Waals surface area contributed by atoms with Crippen LogP contribution in [0.4, 0.5) is 5.69 Å². The van der Waals surface area contributed by atoms with Crippen molar-refractivity contribution in [2.24, 2.45) is 11.0 Å². The molecule has 0 saturated carbocycles. The molecule has 11 heteroatoms. The number of hydrogen-bond donors (Lipinski definition) is 2. The number of hydrazone groups is 1. The number of hydrogen-bond acceptors (Lipinski definition) is 6. The Morgan fingerprint density at radius 1 is 1.19 bits per heavy atom. The molecule has 1 unspecified atom stereocenters. The molecule has 1 atom stereocenters. The Morgan fingerprint density at radius 2 is 1.90 bits per heavy atom. The zero-order valence-corrected chi connectivity index (χ0v) is 18.4. The molecule has 2 amide bonds. The van der Waals surface area contributed by atoms with Gasteiger partial charge in [-0.2, -0.15) is 5.10 Å². The Labute approximate surface area is 188 Å². The highest BCUT2D eigenvalue weighted by Gasteiger charge is 2.25. The van der Waals surface area contributed by atoms with Crippen LogP contribution in [0.5, 0.6) is 5.75 Å². The molecule has 31 heavy (non-hydrogen) atoms. The lowest BCUT2D eigenvalue weighted by atomic mass is 10.0. The van der Waals surface area contributed by atoms with Gasteiger partial charge < -0.3 is 10.1 Å². The number of nitrogens with zero attached hydrogens (tertiary/aromatic N) is 2. The molecule has 2 rings (SSSR count). The number of ether oxygens (including phenoxy) is 1. The topological polar surface area (TPSA) is 123 Å². The summed E-state index contributed by atoms with van der Waals surface area (Å²) in [4.78, 5) is 35.6. The van der Waals surface area contributed by atoms with Crippen molar-refractivity contribution in [1.82, 2.24) is 10.7 Å². The van der Waals surface area contributed by atoms with Gasteiger partial charge in [-0.05, 0) is 36.2 Å². The van der Waals surface area contributed by atoms with E-state index in [0.29, 0.717) is 10.6 Å². The largest absolute Gasteiger partial charge is 0.490 e. The van der Waals surface area contributed by atoms with Crippen molar-refractivity contribution in [2.75, 3.05) is 7.11 Å².